The average molecular weight is 784 g/mol. The zero-order valence-electron chi connectivity index (χ0n) is 26.1. The fraction of sp³-hybridized carbons (Fsp3) is 0.257. The number of methoxy groups -OCH3 is 2. The van der Waals surface area contributed by atoms with Gasteiger partial charge in [0.25, 0.3) is 5.56 Å². The predicted molar refractivity (Wildman–Crippen MR) is 189 cm³/mol. The fourth-order valence-electron chi connectivity index (χ4n) is 5.35. The zero-order chi connectivity index (χ0) is 33.7. The number of allylic oxidation sites excluding steroid dienone is 1. The van der Waals surface area contributed by atoms with Crippen molar-refractivity contribution in [2.75, 3.05) is 20.8 Å². The molecule has 47 heavy (non-hydrogen) atoms. The number of nitrogens with zero attached hydrogens (tertiary/aromatic N) is 3. The summed E-state index contributed by atoms with van der Waals surface area (Å²) in [6, 6.07) is 17.4. The number of rotatable bonds is 11. The standard InChI is InChI=1S/C35H31ClIN3O6S/c1-5-9-26-30(34(42)45-6-2)31(24-17-23(36)12-13-27(24)43-3)40-33(41)29(47-35(40)39-26)16-20-14-25(37)32(28(15-20)44-4)46-19-22-11-8-7-10-21(22)18-38/h7-8,10-17,31H,5-6,9,19H2,1-4H3/b29-16+/t31-/m0/s1. The Bertz CT molecular complexity index is 2100. The van der Waals surface area contributed by atoms with Crippen molar-refractivity contribution in [3.05, 3.63) is 116 Å². The van der Waals surface area contributed by atoms with Crippen LogP contribution in [0.3, 0.4) is 0 Å². The monoisotopic (exact) mass is 783 g/mol. The van der Waals surface area contributed by atoms with Gasteiger partial charge in [-0.3, -0.25) is 9.36 Å². The van der Waals surface area contributed by atoms with Gasteiger partial charge in [0.15, 0.2) is 16.3 Å². The molecule has 0 N–H and O–H groups in total. The maximum absolute atomic E-state index is 14.3. The Labute approximate surface area is 294 Å². The summed E-state index contributed by atoms with van der Waals surface area (Å²) in [7, 11) is 3.07. The molecular weight excluding hydrogens is 753 g/mol. The van der Waals surface area contributed by atoms with Gasteiger partial charge < -0.3 is 18.9 Å². The first-order valence-corrected chi connectivity index (χ1v) is 17.1. The fourth-order valence-corrected chi connectivity index (χ4v) is 7.34. The molecule has 1 aliphatic heterocycles. The number of hydrogen-bond donors (Lipinski definition) is 0. The Morgan fingerprint density at radius 2 is 1.89 bits per heavy atom. The van der Waals surface area contributed by atoms with Crippen molar-refractivity contribution in [2.24, 2.45) is 4.99 Å². The largest absolute Gasteiger partial charge is 0.496 e. The van der Waals surface area contributed by atoms with Gasteiger partial charge in [0.05, 0.1) is 51.8 Å². The summed E-state index contributed by atoms with van der Waals surface area (Å²) in [5.74, 6) is 0.923. The molecule has 0 saturated carbocycles. The van der Waals surface area contributed by atoms with Crippen molar-refractivity contribution in [3.8, 4) is 23.3 Å². The second-order valence-electron chi connectivity index (χ2n) is 10.4. The first kappa shape index (κ1) is 34.2. The molecule has 5 rings (SSSR count). The molecule has 4 aromatic rings. The summed E-state index contributed by atoms with van der Waals surface area (Å²) in [5.41, 5.74) is 3.06. The molecule has 1 atom stereocenters. The van der Waals surface area contributed by atoms with Crippen LogP contribution in [0.15, 0.2) is 75.7 Å². The van der Waals surface area contributed by atoms with E-state index in [0.29, 0.717) is 60.4 Å². The van der Waals surface area contributed by atoms with Crippen LogP contribution >= 0.6 is 45.5 Å². The van der Waals surface area contributed by atoms with Gasteiger partial charge in [-0.15, -0.1) is 0 Å². The van der Waals surface area contributed by atoms with E-state index < -0.39 is 12.0 Å². The Kier molecular flexibility index (Phi) is 11.1. The van der Waals surface area contributed by atoms with E-state index in [9.17, 15) is 14.9 Å². The number of hydrogen-bond acceptors (Lipinski definition) is 9. The first-order valence-electron chi connectivity index (χ1n) is 14.8. The summed E-state index contributed by atoms with van der Waals surface area (Å²) >= 11 is 9.84. The normalized spacial score (nSPS) is 14.2. The van der Waals surface area contributed by atoms with Gasteiger partial charge in [0.1, 0.15) is 18.4 Å². The quantitative estimate of drug-likeness (QED) is 0.130. The molecule has 0 radical (unpaired) electrons. The van der Waals surface area contributed by atoms with E-state index >= 15 is 0 Å². The third kappa shape index (κ3) is 7.10. The van der Waals surface area contributed by atoms with Crippen molar-refractivity contribution in [1.29, 1.82) is 5.26 Å². The minimum Gasteiger partial charge on any atom is -0.496 e. The summed E-state index contributed by atoms with van der Waals surface area (Å²) < 4.78 is 25.6. The predicted octanol–water partition coefficient (Wildman–Crippen LogP) is 6.30. The second-order valence-corrected chi connectivity index (χ2v) is 13.0. The number of aromatic nitrogens is 1. The van der Waals surface area contributed by atoms with Gasteiger partial charge in [-0.05, 0) is 84.0 Å². The third-order valence-corrected chi connectivity index (χ3v) is 9.46. The Morgan fingerprint density at radius 3 is 2.60 bits per heavy atom. The molecular formula is C35H31ClIN3O6S. The highest BCUT2D eigenvalue weighted by Gasteiger charge is 2.36. The lowest BCUT2D eigenvalue weighted by Gasteiger charge is -2.27. The number of halogens is 2. The van der Waals surface area contributed by atoms with E-state index in [1.54, 1.807) is 56.5 Å². The molecule has 0 saturated heterocycles. The van der Waals surface area contributed by atoms with Gasteiger partial charge in [-0.25, -0.2) is 9.79 Å². The lowest BCUT2D eigenvalue weighted by atomic mass is 9.93. The smallest absolute Gasteiger partial charge is 0.338 e. The van der Waals surface area contributed by atoms with Crippen molar-refractivity contribution < 1.29 is 23.7 Å². The van der Waals surface area contributed by atoms with E-state index in [0.717, 1.165) is 15.6 Å². The second kappa shape index (κ2) is 15.2. The van der Waals surface area contributed by atoms with Crippen molar-refractivity contribution >= 4 is 57.6 Å². The van der Waals surface area contributed by atoms with E-state index in [-0.39, 0.29) is 24.3 Å². The maximum atomic E-state index is 14.3. The number of carbonyl (C=O) groups is 1. The molecule has 242 valence electrons. The van der Waals surface area contributed by atoms with Crippen molar-refractivity contribution in [1.82, 2.24) is 4.57 Å². The SMILES string of the molecule is CCCC1=C(C(=O)OCC)[C@H](c2cc(Cl)ccc2OC)n2c(s/c(=C/c3cc(I)c(OCc4ccccc4C#N)c(OC)c3)c2=O)=N1. The van der Waals surface area contributed by atoms with Crippen LogP contribution in [-0.2, 0) is 16.1 Å². The molecule has 12 heteroatoms. The minimum absolute atomic E-state index is 0.163. The van der Waals surface area contributed by atoms with Crippen LogP contribution in [0.5, 0.6) is 17.2 Å². The van der Waals surface area contributed by atoms with Crippen LogP contribution in [0.1, 0.15) is 55.0 Å². The summed E-state index contributed by atoms with van der Waals surface area (Å²) in [6.07, 6.45) is 3.00. The van der Waals surface area contributed by atoms with Crippen molar-refractivity contribution in [3.63, 3.8) is 0 Å². The number of benzene rings is 3. The maximum Gasteiger partial charge on any atom is 0.338 e. The molecule has 0 unspecified atom stereocenters. The van der Waals surface area contributed by atoms with E-state index in [2.05, 4.69) is 28.7 Å². The lowest BCUT2D eigenvalue weighted by Crippen LogP contribution is -2.40. The number of esters is 1. The minimum atomic E-state index is -0.871. The molecule has 0 spiro atoms. The van der Waals surface area contributed by atoms with Crippen LogP contribution in [0.2, 0.25) is 5.02 Å². The topological polar surface area (TPSA) is 112 Å². The summed E-state index contributed by atoms with van der Waals surface area (Å²) in [4.78, 5) is 33.0. The van der Waals surface area contributed by atoms with Crippen LogP contribution in [0, 0.1) is 14.9 Å². The highest BCUT2D eigenvalue weighted by molar-refractivity contribution is 14.1. The molecule has 2 heterocycles. The molecule has 9 nitrogen and oxygen atoms in total. The van der Waals surface area contributed by atoms with Gasteiger partial charge in [-0.2, -0.15) is 5.26 Å². The Hall–Kier alpha value is -4.12. The van der Waals surface area contributed by atoms with Gasteiger partial charge in [0, 0.05) is 16.1 Å². The molecule has 1 aliphatic rings. The number of fused-ring (bicyclic) bond motifs is 1. The molecule has 0 bridgehead atoms. The van der Waals surface area contributed by atoms with Crippen LogP contribution in [-0.4, -0.2) is 31.4 Å². The molecule has 0 fully saturated rings. The Morgan fingerprint density at radius 1 is 1.13 bits per heavy atom. The van der Waals surface area contributed by atoms with Gasteiger partial charge in [-0.1, -0.05) is 54.5 Å². The summed E-state index contributed by atoms with van der Waals surface area (Å²) in [6.45, 7) is 4.08. The number of ether oxygens (including phenoxy) is 4. The van der Waals surface area contributed by atoms with Crippen LogP contribution in [0.25, 0.3) is 6.08 Å². The van der Waals surface area contributed by atoms with E-state index in [1.807, 2.05) is 25.1 Å². The van der Waals surface area contributed by atoms with E-state index in [4.69, 9.17) is 35.5 Å². The van der Waals surface area contributed by atoms with Crippen LogP contribution < -0.4 is 29.1 Å². The highest BCUT2D eigenvalue weighted by atomic mass is 127. The van der Waals surface area contributed by atoms with E-state index in [1.165, 1.54) is 23.0 Å². The summed E-state index contributed by atoms with van der Waals surface area (Å²) in [5, 5.41) is 9.88. The molecule has 1 aromatic heterocycles. The lowest BCUT2D eigenvalue weighted by molar-refractivity contribution is -0.139. The Balaban J connectivity index is 1.65. The van der Waals surface area contributed by atoms with Crippen molar-refractivity contribution in [2.45, 2.75) is 39.3 Å². The highest BCUT2D eigenvalue weighted by Crippen LogP contribution is 2.39. The zero-order valence-corrected chi connectivity index (χ0v) is 29.9. The first-order chi connectivity index (χ1) is 22.7. The van der Waals surface area contributed by atoms with Gasteiger partial charge >= 0.3 is 5.97 Å². The molecule has 0 amide bonds. The number of carbonyl (C=O) groups excluding carboxylic acids is 1. The van der Waals surface area contributed by atoms with Crippen LogP contribution in [0.4, 0.5) is 0 Å². The number of nitriles is 1. The number of thiazole rings is 1. The molecule has 3 aromatic carbocycles. The molecule has 0 aliphatic carbocycles. The third-order valence-electron chi connectivity index (χ3n) is 7.44. The van der Waals surface area contributed by atoms with Gasteiger partial charge in [0.2, 0.25) is 0 Å². The average Bonchev–Trinajstić information content (AvgIpc) is 3.37.